The van der Waals surface area contributed by atoms with Crippen molar-refractivity contribution in [1.29, 1.82) is 0 Å². The summed E-state index contributed by atoms with van der Waals surface area (Å²) >= 11 is 0. The molecule has 1 atom stereocenters. The van der Waals surface area contributed by atoms with Crippen molar-refractivity contribution < 1.29 is 18.0 Å². The highest BCUT2D eigenvalue weighted by atomic mass is 19.4. The molecule has 1 fully saturated rings. The maximum absolute atomic E-state index is 12.8. The Morgan fingerprint density at radius 3 is 2.63 bits per heavy atom. The van der Waals surface area contributed by atoms with Crippen molar-refractivity contribution in [2.45, 2.75) is 19.5 Å². The molecule has 0 bridgehead atoms. The summed E-state index contributed by atoms with van der Waals surface area (Å²) in [4.78, 5) is 13.2. The molecule has 1 saturated heterocycles. The average molecular weight is 269 g/mol. The third-order valence-electron chi connectivity index (χ3n) is 3.33. The first-order valence-corrected chi connectivity index (χ1v) is 5.93. The molecule has 1 aliphatic rings. The van der Waals surface area contributed by atoms with Gasteiger partial charge in [0.25, 0.3) is 0 Å². The second-order valence-corrected chi connectivity index (χ2v) is 4.70. The van der Waals surface area contributed by atoms with Gasteiger partial charge in [-0.25, -0.2) is 0 Å². The highest BCUT2D eigenvalue weighted by Crippen LogP contribution is 2.35. The van der Waals surface area contributed by atoms with E-state index in [2.05, 4.69) is 6.58 Å². The number of carbonyl (C=O) groups excluding carboxylic acids is 1. The summed E-state index contributed by atoms with van der Waals surface area (Å²) in [5.74, 6) is -0.162. The third kappa shape index (κ3) is 2.64. The Morgan fingerprint density at radius 2 is 2.11 bits per heavy atom. The molecule has 0 N–H and O–H groups in total. The Balaban J connectivity index is 2.37. The van der Waals surface area contributed by atoms with E-state index in [0.717, 1.165) is 6.07 Å². The van der Waals surface area contributed by atoms with Gasteiger partial charge in [0, 0.05) is 24.6 Å². The molecule has 0 aliphatic carbocycles. The smallest absolute Gasteiger partial charge is 0.312 e. The van der Waals surface area contributed by atoms with Gasteiger partial charge in [0.15, 0.2) is 0 Å². The number of amides is 1. The number of aryl methyl sites for hydroxylation is 1. The van der Waals surface area contributed by atoms with Gasteiger partial charge in [-0.05, 0) is 24.6 Å². The van der Waals surface area contributed by atoms with Gasteiger partial charge in [0.2, 0.25) is 5.91 Å². The Morgan fingerprint density at radius 1 is 1.42 bits per heavy atom. The fourth-order valence-corrected chi connectivity index (χ4v) is 2.23. The highest BCUT2D eigenvalue weighted by Gasteiger charge is 2.34. The first kappa shape index (κ1) is 13.6. The van der Waals surface area contributed by atoms with Gasteiger partial charge in [-0.15, -0.1) is 6.58 Å². The second-order valence-electron chi connectivity index (χ2n) is 4.70. The molecule has 1 heterocycles. The molecule has 1 unspecified atom stereocenters. The Hall–Kier alpha value is -1.78. The number of hydrogen-bond donors (Lipinski definition) is 0. The zero-order valence-electron chi connectivity index (χ0n) is 10.5. The number of anilines is 1. The van der Waals surface area contributed by atoms with Crippen LogP contribution in [0.1, 0.15) is 17.5 Å². The van der Waals surface area contributed by atoms with E-state index in [1.807, 2.05) is 0 Å². The Labute approximate surface area is 109 Å². The molecule has 1 aromatic carbocycles. The van der Waals surface area contributed by atoms with Crippen LogP contribution in [0, 0.1) is 12.8 Å². The quantitative estimate of drug-likeness (QED) is 0.752. The normalized spacial score (nSPS) is 19.9. The van der Waals surface area contributed by atoms with E-state index < -0.39 is 11.7 Å². The largest absolute Gasteiger partial charge is 0.416 e. The molecule has 0 radical (unpaired) electrons. The zero-order chi connectivity index (χ0) is 14.2. The minimum atomic E-state index is -4.40. The van der Waals surface area contributed by atoms with Crippen LogP contribution < -0.4 is 4.90 Å². The van der Waals surface area contributed by atoms with Gasteiger partial charge in [-0.1, -0.05) is 12.1 Å². The third-order valence-corrected chi connectivity index (χ3v) is 3.33. The van der Waals surface area contributed by atoms with E-state index in [9.17, 15) is 18.0 Å². The summed E-state index contributed by atoms with van der Waals surface area (Å²) in [6.45, 7) is 5.42. The molecule has 1 aromatic rings. The molecule has 0 saturated carbocycles. The van der Waals surface area contributed by atoms with E-state index in [-0.39, 0.29) is 17.4 Å². The number of carbonyl (C=O) groups is 1. The van der Waals surface area contributed by atoms with E-state index in [0.29, 0.717) is 18.7 Å². The van der Waals surface area contributed by atoms with Gasteiger partial charge in [-0.3, -0.25) is 4.79 Å². The molecule has 2 nitrogen and oxygen atoms in total. The van der Waals surface area contributed by atoms with Crippen molar-refractivity contribution in [3.05, 3.63) is 42.0 Å². The molecule has 2 rings (SSSR count). The van der Waals surface area contributed by atoms with Crippen LogP contribution in [-0.2, 0) is 11.0 Å². The SMILES string of the molecule is C=CC1CC(=O)N(c2ccc(C)c(C(F)(F)F)c2)C1. The lowest BCUT2D eigenvalue weighted by atomic mass is 10.1. The maximum atomic E-state index is 12.8. The Kier molecular flexibility index (Phi) is 3.39. The number of hydrogen-bond acceptors (Lipinski definition) is 1. The predicted octanol–water partition coefficient (Wildman–Crippen LogP) is 3.55. The van der Waals surface area contributed by atoms with Gasteiger partial charge in [-0.2, -0.15) is 13.2 Å². The van der Waals surface area contributed by atoms with E-state index in [1.165, 1.54) is 17.9 Å². The first-order valence-electron chi connectivity index (χ1n) is 5.93. The number of rotatable bonds is 2. The van der Waals surface area contributed by atoms with Crippen LogP contribution in [0.3, 0.4) is 0 Å². The summed E-state index contributed by atoms with van der Waals surface area (Å²) in [7, 11) is 0. The van der Waals surface area contributed by atoms with E-state index in [1.54, 1.807) is 12.1 Å². The van der Waals surface area contributed by atoms with Crippen molar-refractivity contribution in [3.63, 3.8) is 0 Å². The lowest BCUT2D eigenvalue weighted by molar-refractivity contribution is -0.138. The van der Waals surface area contributed by atoms with Crippen LogP contribution in [0.4, 0.5) is 18.9 Å². The van der Waals surface area contributed by atoms with Gasteiger partial charge < -0.3 is 4.90 Å². The second kappa shape index (κ2) is 4.72. The summed E-state index contributed by atoms with van der Waals surface area (Å²) in [5, 5.41) is 0. The van der Waals surface area contributed by atoms with Gasteiger partial charge in [0.05, 0.1) is 5.56 Å². The minimum Gasteiger partial charge on any atom is -0.312 e. The molecule has 102 valence electrons. The van der Waals surface area contributed by atoms with E-state index in [4.69, 9.17) is 0 Å². The van der Waals surface area contributed by atoms with Crippen molar-refractivity contribution in [1.82, 2.24) is 0 Å². The molecule has 0 aromatic heterocycles. The summed E-state index contributed by atoms with van der Waals surface area (Å²) in [6.07, 6.45) is -2.43. The lowest BCUT2D eigenvalue weighted by Gasteiger charge is -2.19. The van der Waals surface area contributed by atoms with Gasteiger partial charge in [0.1, 0.15) is 0 Å². The van der Waals surface area contributed by atoms with Crippen LogP contribution in [-0.4, -0.2) is 12.5 Å². The summed E-state index contributed by atoms with van der Waals surface area (Å²) in [5.41, 5.74) is -0.240. The van der Waals surface area contributed by atoms with Crippen LogP contribution in [0.15, 0.2) is 30.9 Å². The molecule has 1 amide bonds. The minimum absolute atomic E-state index is 0.00291. The molecular weight excluding hydrogens is 255 g/mol. The predicted molar refractivity (Wildman–Crippen MR) is 66.8 cm³/mol. The number of nitrogens with zero attached hydrogens (tertiary/aromatic N) is 1. The summed E-state index contributed by atoms with van der Waals surface area (Å²) in [6, 6.07) is 3.99. The molecule has 1 aliphatic heterocycles. The van der Waals surface area contributed by atoms with Gasteiger partial charge >= 0.3 is 6.18 Å². The first-order chi connectivity index (χ1) is 8.82. The molecular formula is C14H14F3NO. The molecule has 19 heavy (non-hydrogen) atoms. The number of alkyl halides is 3. The topological polar surface area (TPSA) is 20.3 Å². The van der Waals surface area contributed by atoms with Crippen molar-refractivity contribution in [2.75, 3.05) is 11.4 Å². The van der Waals surface area contributed by atoms with Crippen molar-refractivity contribution >= 4 is 11.6 Å². The number of halogens is 3. The van der Waals surface area contributed by atoms with Crippen LogP contribution in [0.2, 0.25) is 0 Å². The van der Waals surface area contributed by atoms with Crippen LogP contribution in [0.25, 0.3) is 0 Å². The van der Waals surface area contributed by atoms with Crippen molar-refractivity contribution in [2.24, 2.45) is 5.92 Å². The summed E-state index contributed by atoms with van der Waals surface area (Å²) < 4.78 is 38.5. The number of benzene rings is 1. The highest BCUT2D eigenvalue weighted by molar-refractivity contribution is 5.96. The van der Waals surface area contributed by atoms with Crippen molar-refractivity contribution in [3.8, 4) is 0 Å². The van der Waals surface area contributed by atoms with E-state index >= 15 is 0 Å². The maximum Gasteiger partial charge on any atom is 0.416 e. The fraction of sp³-hybridized carbons (Fsp3) is 0.357. The van der Waals surface area contributed by atoms with Crippen LogP contribution >= 0.6 is 0 Å². The standard InChI is InChI=1S/C14H14F3NO/c1-3-10-6-13(19)18(8-10)11-5-4-9(2)12(7-11)14(15,16)17/h3-5,7,10H,1,6,8H2,2H3. The monoisotopic (exact) mass is 269 g/mol. The molecule has 0 spiro atoms. The lowest BCUT2D eigenvalue weighted by Crippen LogP contribution is -2.25. The fourth-order valence-electron chi connectivity index (χ4n) is 2.23. The molecule has 5 heteroatoms. The average Bonchev–Trinajstić information content (AvgIpc) is 2.70. The zero-order valence-corrected chi connectivity index (χ0v) is 10.5. The Bertz CT molecular complexity index is 522. The van der Waals surface area contributed by atoms with Crippen LogP contribution in [0.5, 0.6) is 0 Å².